The second-order valence-electron chi connectivity index (χ2n) is 3.90. The van der Waals surface area contributed by atoms with Gasteiger partial charge in [-0.25, -0.2) is 9.59 Å². The van der Waals surface area contributed by atoms with Crippen molar-refractivity contribution >= 4 is 49.5 Å². The average molecular weight is 394 g/mol. The Bertz CT molecular complexity index is 480. The van der Waals surface area contributed by atoms with E-state index in [1.165, 1.54) is 0 Å². The fourth-order valence-electron chi connectivity index (χ4n) is 1.46. The normalized spacial score (nSPS) is 11.7. The Morgan fingerprint density at radius 3 is 2.63 bits per heavy atom. The van der Waals surface area contributed by atoms with Crippen LogP contribution >= 0.6 is 31.9 Å². The second kappa shape index (κ2) is 7.49. The first-order chi connectivity index (χ1) is 8.93. The molecule has 0 aliphatic carbocycles. The largest absolute Gasteiger partial charge is 0.480 e. The van der Waals surface area contributed by atoms with Gasteiger partial charge in [0.15, 0.2) is 0 Å². The fourth-order valence-corrected chi connectivity index (χ4v) is 2.16. The Balaban J connectivity index is 2.68. The van der Waals surface area contributed by atoms with Crippen molar-refractivity contribution in [3.63, 3.8) is 0 Å². The quantitative estimate of drug-likeness (QED) is 0.715. The third kappa shape index (κ3) is 5.20. The number of hydrogen-bond donors (Lipinski definition) is 3. The molecule has 0 heterocycles. The smallest absolute Gasteiger partial charge is 0.326 e. The van der Waals surface area contributed by atoms with Crippen LogP contribution in [0.2, 0.25) is 0 Å². The molecule has 0 unspecified atom stereocenters. The summed E-state index contributed by atoms with van der Waals surface area (Å²) in [6.45, 7) is 1.86. The summed E-state index contributed by atoms with van der Waals surface area (Å²) in [6, 6.07) is 3.90. The molecule has 1 aromatic carbocycles. The highest BCUT2D eigenvalue weighted by molar-refractivity contribution is 9.11. The lowest BCUT2D eigenvalue weighted by atomic mass is 10.2. The molecule has 0 aliphatic rings. The molecule has 0 saturated heterocycles. The molecule has 1 atom stereocenters. The van der Waals surface area contributed by atoms with Gasteiger partial charge in [-0.1, -0.05) is 29.3 Å². The van der Waals surface area contributed by atoms with Gasteiger partial charge in [0.25, 0.3) is 0 Å². The van der Waals surface area contributed by atoms with Gasteiger partial charge in [-0.2, -0.15) is 0 Å². The number of carboxylic acid groups (broad SMARTS) is 1. The molecule has 19 heavy (non-hydrogen) atoms. The van der Waals surface area contributed by atoms with Crippen molar-refractivity contribution < 1.29 is 14.7 Å². The topological polar surface area (TPSA) is 78.4 Å². The molecule has 1 aromatic rings. The Morgan fingerprint density at radius 2 is 2.05 bits per heavy atom. The highest BCUT2D eigenvalue weighted by Crippen LogP contribution is 2.26. The van der Waals surface area contributed by atoms with Gasteiger partial charge in [0.05, 0.1) is 5.69 Å². The van der Waals surface area contributed by atoms with Crippen LogP contribution in [0.3, 0.4) is 0 Å². The molecule has 7 heteroatoms. The number of nitrogens with one attached hydrogen (secondary N) is 2. The zero-order valence-corrected chi connectivity index (χ0v) is 13.4. The van der Waals surface area contributed by atoms with Gasteiger partial charge >= 0.3 is 12.0 Å². The number of amides is 2. The number of hydrogen-bond acceptors (Lipinski definition) is 2. The maximum Gasteiger partial charge on any atom is 0.326 e. The minimum absolute atomic E-state index is 0.391. The van der Waals surface area contributed by atoms with E-state index in [1.807, 2.05) is 13.0 Å². The summed E-state index contributed by atoms with van der Waals surface area (Å²) < 4.78 is 1.53. The second-order valence-corrected chi connectivity index (χ2v) is 5.67. The van der Waals surface area contributed by atoms with Crippen LogP contribution in [0.15, 0.2) is 27.1 Å². The molecule has 104 valence electrons. The maximum atomic E-state index is 11.7. The number of rotatable bonds is 5. The summed E-state index contributed by atoms with van der Waals surface area (Å²) in [6.07, 6.45) is 1.07. The molecular formula is C12H14Br2N2O3. The third-order valence-electron chi connectivity index (χ3n) is 2.36. The van der Waals surface area contributed by atoms with Gasteiger partial charge in [0.2, 0.25) is 0 Å². The van der Waals surface area contributed by atoms with E-state index in [2.05, 4.69) is 42.5 Å². The summed E-state index contributed by atoms with van der Waals surface area (Å²) in [7, 11) is 0. The highest BCUT2D eigenvalue weighted by Gasteiger charge is 2.19. The lowest BCUT2D eigenvalue weighted by Crippen LogP contribution is -2.42. The molecule has 0 aliphatic heterocycles. The molecule has 2 amide bonds. The van der Waals surface area contributed by atoms with Gasteiger partial charge < -0.3 is 15.7 Å². The molecule has 0 radical (unpaired) electrons. The van der Waals surface area contributed by atoms with Gasteiger partial charge in [-0.15, -0.1) is 0 Å². The summed E-state index contributed by atoms with van der Waals surface area (Å²) >= 11 is 6.60. The van der Waals surface area contributed by atoms with E-state index >= 15 is 0 Å². The zero-order valence-electron chi connectivity index (χ0n) is 10.2. The number of urea groups is 1. The van der Waals surface area contributed by atoms with Crippen molar-refractivity contribution in [2.45, 2.75) is 25.8 Å². The van der Waals surface area contributed by atoms with Crippen LogP contribution in [0.1, 0.15) is 19.8 Å². The van der Waals surface area contributed by atoms with E-state index in [1.54, 1.807) is 12.1 Å². The molecule has 0 fully saturated rings. The summed E-state index contributed by atoms with van der Waals surface area (Å²) in [4.78, 5) is 22.7. The number of anilines is 1. The van der Waals surface area contributed by atoms with Crippen LogP contribution in [0, 0.1) is 0 Å². The minimum atomic E-state index is -1.04. The van der Waals surface area contributed by atoms with Crippen molar-refractivity contribution in [2.75, 3.05) is 5.32 Å². The summed E-state index contributed by atoms with van der Waals surface area (Å²) in [5.74, 6) is -1.04. The number of benzene rings is 1. The molecule has 0 aromatic heterocycles. The average Bonchev–Trinajstić information content (AvgIpc) is 2.33. The van der Waals surface area contributed by atoms with Crippen LogP contribution < -0.4 is 10.6 Å². The highest BCUT2D eigenvalue weighted by atomic mass is 79.9. The predicted octanol–water partition coefficient (Wildman–Crippen LogP) is 3.59. The Labute approximate surface area is 128 Å². The first-order valence-electron chi connectivity index (χ1n) is 5.69. The van der Waals surface area contributed by atoms with Crippen LogP contribution in [-0.4, -0.2) is 23.1 Å². The Morgan fingerprint density at radius 1 is 1.37 bits per heavy atom. The zero-order chi connectivity index (χ0) is 14.4. The van der Waals surface area contributed by atoms with Crippen LogP contribution in [-0.2, 0) is 4.79 Å². The van der Waals surface area contributed by atoms with Crippen LogP contribution in [0.5, 0.6) is 0 Å². The van der Waals surface area contributed by atoms with Crippen LogP contribution in [0.4, 0.5) is 10.5 Å². The molecule has 0 saturated carbocycles. The Kier molecular flexibility index (Phi) is 6.30. The van der Waals surface area contributed by atoms with E-state index in [0.29, 0.717) is 23.0 Å². The summed E-state index contributed by atoms with van der Waals surface area (Å²) in [5, 5.41) is 14.0. The fraction of sp³-hybridized carbons (Fsp3) is 0.333. The maximum absolute atomic E-state index is 11.7. The first-order valence-corrected chi connectivity index (χ1v) is 7.28. The monoisotopic (exact) mass is 392 g/mol. The first kappa shape index (κ1) is 16.0. The van der Waals surface area contributed by atoms with Crippen molar-refractivity contribution in [2.24, 2.45) is 0 Å². The van der Waals surface area contributed by atoms with E-state index in [0.717, 1.165) is 4.47 Å². The SMILES string of the molecule is CCC[C@H](NC(=O)Nc1cc(Br)ccc1Br)C(=O)O. The van der Waals surface area contributed by atoms with Crippen molar-refractivity contribution in [1.29, 1.82) is 0 Å². The molecule has 1 rings (SSSR count). The number of carbonyl (C=O) groups is 2. The molecule has 0 spiro atoms. The van der Waals surface area contributed by atoms with E-state index in [-0.39, 0.29) is 0 Å². The van der Waals surface area contributed by atoms with Crippen LogP contribution in [0.25, 0.3) is 0 Å². The number of aliphatic carboxylic acids is 1. The lowest BCUT2D eigenvalue weighted by Gasteiger charge is -2.15. The van der Waals surface area contributed by atoms with Gasteiger partial charge in [0.1, 0.15) is 6.04 Å². The molecule has 5 nitrogen and oxygen atoms in total. The van der Waals surface area contributed by atoms with Crippen molar-refractivity contribution in [3.05, 3.63) is 27.1 Å². The van der Waals surface area contributed by atoms with E-state index in [4.69, 9.17) is 5.11 Å². The number of carbonyl (C=O) groups excluding carboxylic acids is 1. The number of halogens is 2. The molecule has 0 bridgehead atoms. The number of carboxylic acids is 1. The predicted molar refractivity (Wildman–Crippen MR) is 80.3 cm³/mol. The minimum Gasteiger partial charge on any atom is -0.480 e. The molecular weight excluding hydrogens is 380 g/mol. The van der Waals surface area contributed by atoms with E-state index in [9.17, 15) is 9.59 Å². The molecule has 3 N–H and O–H groups in total. The van der Waals surface area contributed by atoms with Gasteiger partial charge in [0, 0.05) is 8.95 Å². The summed E-state index contributed by atoms with van der Waals surface area (Å²) in [5.41, 5.74) is 0.563. The third-order valence-corrected chi connectivity index (χ3v) is 3.54. The Hall–Kier alpha value is -1.08. The lowest BCUT2D eigenvalue weighted by molar-refractivity contribution is -0.139. The van der Waals surface area contributed by atoms with Gasteiger partial charge in [-0.3, -0.25) is 0 Å². The standard InChI is InChI=1S/C12H14Br2N2O3/c1-2-3-9(11(17)18)15-12(19)16-10-6-7(13)4-5-8(10)14/h4-6,9H,2-3H2,1H3,(H,17,18)(H2,15,16,19)/t9-/m0/s1. The van der Waals surface area contributed by atoms with Gasteiger partial charge in [-0.05, 0) is 40.5 Å². The van der Waals surface area contributed by atoms with E-state index < -0.39 is 18.0 Å². The van der Waals surface area contributed by atoms with Crippen molar-refractivity contribution in [3.8, 4) is 0 Å². The van der Waals surface area contributed by atoms with Crippen molar-refractivity contribution in [1.82, 2.24) is 5.32 Å².